The van der Waals surface area contributed by atoms with Gasteiger partial charge in [-0.15, -0.1) is 22.7 Å². The third-order valence-corrected chi connectivity index (χ3v) is 7.94. The van der Waals surface area contributed by atoms with Crippen LogP contribution in [0.3, 0.4) is 0 Å². The summed E-state index contributed by atoms with van der Waals surface area (Å²) in [6.07, 6.45) is 1.66. The molecule has 1 aliphatic rings. The Labute approximate surface area is 189 Å². The number of rotatable bonds is 2. The lowest BCUT2D eigenvalue weighted by Gasteiger charge is -1.98. The van der Waals surface area contributed by atoms with Gasteiger partial charge in [-0.1, -0.05) is 46.9 Å². The molecular formula is C22H9Cl3O2S2. The number of fused-ring (bicyclic) bond motifs is 2. The van der Waals surface area contributed by atoms with Crippen LogP contribution in [0, 0.1) is 0 Å². The zero-order valence-electron chi connectivity index (χ0n) is 14.5. The smallest absolute Gasteiger partial charge is 0.197 e. The number of thiophene rings is 2. The molecule has 0 saturated carbocycles. The van der Waals surface area contributed by atoms with Gasteiger partial charge in [0.05, 0.1) is 15.6 Å². The topological polar surface area (TPSA) is 34.1 Å². The summed E-state index contributed by atoms with van der Waals surface area (Å²) in [4.78, 5) is 27.4. The molecule has 0 spiro atoms. The number of allylic oxidation sites excluding steroid dienone is 1. The third kappa shape index (κ3) is 3.25. The SMILES string of the molecule is O=C1C(=Cc2cc3sc(-c4ccc(Cl)cc4)cc3s2)C(=O)c2cc(Cl)c(Cl)cc21. The second-order valence-corrected chi connectivity index (χ2v) is 9.97. The first kappa shape index (κ1) is 19.0. The van der Waals surface area contributed by atoms with Crippen LogP contribution in [0.25, 0.3) is 25.9 Å². The van der Waals surface area contributed by atoms with Crippen LogP contribution in [0.2, 0.25) is 15.1 Å². The number of carbonyl (C=O) groups is 2. The Kier molecular flexibility index (Phi) is 4.65. The van der Waals surface area contributed by atoms with E-state index in [0.29, 0.717) is 16.1 Å². The summed E-state index contributed by atoms with van der Waals surface area (Å²) in [7, 11) is 0. The molecule has 5 rings (SSSR count). The van der Waals surface area contributed by atoms with Crippen LogP contribution in [-0.4, -0.2) is 11.6 Å². The third-order valence-electron chi connectivity index (χ3n) is 4.68. The Bertz CT molecular complexity index is 1290. The second-order valence-electron chi connectivity index (χ2n) is 6.52. The molecule has 2 aromatic heterocycles. The fourth-order valence-corrected chi connectivity index (χ4v) is 6.08. The van der Waals surface area contributed by atoms with E-state index in [1.54, 1.807) is 28.7 Å². The van der Waals surface area contributed by atoms with Gasteiger partial charge < -0.3 is 0 Å². The molecule has 2 aromatic carbocycles. The molecule has 142 valence electrons. The Hall–Kier alpha value is -1.95. The quantitative estimate of drug-likeness (QED) is 0.217. The number of ketones is 2. The molecule has 2 nitrogen and oxygen atoms in total. The Morgan fingerprint density at radius 2 is 1.31 bits per heavy atom. The van der Waals surface area contributed by atoms with E-state index in [1.807, 2.05) is 30.3 Å². The van der Waals surface area contributed by atoms with Crippen molar-refractivity contribution in [2.24, 2.45) is 0 Å². The molecule has 1 aliphatic carbocycles. The lowest BCUT2D eigenvalue weighted by atomic mass is 10.1. The van der Waals surface area contributed by atoms with Crippen LogP contribution < -0.4 is 0 Å². The van der Waals surface area contributed by atoms with Gasteiger partial charge in [0.1, 0.15) is 0 Å². The first-order valence-corrected chi connectivity index (χ1v) is 11.3. The molecule has 0 N–H and O–H groups in total. The van der Waals surface area contributed by atoms with E-state index in [0.717, 1.165) is 24.7 Å². The van der Waals surface area contributed by atoms with E-state index in [4.69, 9.17) is 34.8 Å². The van der Waals surface area contributed by atoms with Crippen molar-refractivity contribution in [3.8, 4) is 10.4 Å². The summed E-state index contributed by atoms with van der Waals surface area (Å²) in [5, 5.41) is 1.23. The normalized spacial score (nSPS) is 13.4. The van der Waals surface area contributed by atoms with Crippen LogP contribution in [0.5, 0.6) is 0 Å². The summed E-state index contributed by atoms with van der Waals surface area (Å²) in [5.41, 5.74) is 1.86. The lowest BCUT2D eigenvalue weighted by Crippen LogP contribution is -1.99. The highest BCUT2D eigenvalue weighted by Gasteiger charge is 2.34. The molecule has 29 heavy (non-hydrogen) atoms. The van der Waals surface area contributed by atoms with Crippen LogP contribution >= 0.6 is 57.5 Å². The molecule has 2 heterocycles. The van der Waals surface area contributed by atoms with Crippen molar-refractivity contribution in [3.05, 3.63) is 85.2 Å². The number of carbonyl (C=O) groups excluding carboxylic acids is 2. The molecule has 0 fully saturated rings. The van der Waals surface area contributed by atoms with E-state index in [-0.39, 0.29) is 27.2 Å². The summed E-state index contributed by atoms with van der Waals surface area (Å²) in [6, 6.07) is 14.8. The number of halogens is 3. The van der Waals surface area contributed by atoms with E-state index in [9.17, 15) is 9.59 Å². The fourth-order valence-electron chi connectivity index (χ4n) is 3.27. The van der Waals surface area contributed by atoms with Gasteiger partial charge in [-0.2, -0.15) is 0 Å². The van der Waals surface area contributed by atoms with Crippen molar-refractivity contribution in [2.45, 2.75) is 0 Å². The monoisotopic (exact) mass is 474 g/mol. The summed E-state index contributed by atoms with van der Waals surface area (Å²) in [6.45, 7) is 0. The maximum atomic E-state index is 12.7. The van der Waals surface area contributed by atoms with Crippen molar-refractivity contribution in [2.75, 3.05) is 0 Å². The van der Waals surface area contributed by atoms with Gasteiger partial charge >= 0.3 is 0 Å². The van der Waals surface area contributed by atoms with Gasteiger partial charge in [0.2, 0.25) is 0 Å². The highest BCUT2D eigenvalue weighted by atomic mass is 35.5. The zero-order chi connectivity index (χ0) is 20.3. The van der Waals surface area contributed by atoms with Crippen molar-refractivity contribution in [1.82, 2.24) is 0 Å². The van der Waals surface area contributed by atoms with Crippen LogP contribution in [0.15, 0.2) is 54.1 Å². The van der Waals surface area contributed by atoms with E-state index in [2.05, 4.69) is 6.07 Å². The molecule has 0 radical (unpaired) electrons. The molecule has 0 aliphatic heterocycles. The van der Waals surface area contributed by atoms with Crippen molar-refractivity contribution < 1.29 is 9.59 Å². The van der Waals surface area contributed by atoms with Crippen LogP contribution in [-0.2, 0) is 0 Å². The number of Topliss-reactive ketones (excluding diaryl/α,β-unsaturated/α-hetero) is 2. The van der Waals surface area contributed by atoms with E-state index < -0.39 is 0 Å². The number of hydrogen-bond acceptors (Lipinski definition) is 4. The van der Waals surface area contributed by atoms with Gasteiger partial charge in [-0.05, 0) is 48.0 Å². The molecule has 0 amide bonds. The van der Waals surface area contributed by atoms with Crippen LogP contribution in [0.4, 0.5) is 0 Å². The summed E-state index contributed by atoms with van der Waals surface area (Å²) < 4.78 is 2.21. The minimum atomic E-state index is -0.317. The molecular weight excluding hydrogens is 467 g/mol. The number of hydrogen-bond donors (Lipinski definition) is 0. The minimum Gasteiger partial charge on any atom is -0.288 e. The molecule has 0 saturated heterocycles. The first-order chi connectivity index (χ1) is 13.9. The van der Waals surface area contributed by atoms with Gasteiger partial charge in [-0.3, -0.25) is 9.59 Å². The van der Waals surface area contributed by atoms with Gasteiger partial charge in [-0.25, -0.2) is 0 Å². The molecule has 7 heteroatoms. The molecule has 0 bridgehead atoms. The van der Waals surface area contributed by atoms with Gasteiger partial charge in [0.25, 0.3) is 0 Å². The standard InChI is InChI=1S/C22H9Cl3O2S2/c23-11-3-1-10(2-4-11)18-9-20-19(29-18)6-12(28-20)5-15-21(26)13-7-16(24)17(25)8-14(13)22(15)27/h1-9H. The Morgan fingerprint density at radius 3 is 1.90 bits per heavy atom. The Morgan fingerprint density at radius 1 is 0.724 bits per heavy atom. The average molecular weight is 476 g/mol. The van der Waals surface area contributed by atoms with E-state index in [1.165, 1.54) is 12.1 Å². The predicted octanol–water partition coefficient (Wildman–Crippen LogP) is 8.05. The van der Waals surface area contributed by atoms with E-state index >= 15 is 0 Å². The predicted molar refractivity (Wildman–Crippen MR) is 123 cm³/mol. The van der Waals surface area contributed by atoms with Crippen molar-refractivity contribution in [3.63, 3.8) is 0 Å². The maximum absolute atomic E-state index is 12.7. The average Bonchev–Trinajstić information content (AvgIpc) is 3.31. The highest BCUT2D eigenvalue weighted by molar-refractivity contribution is 7.29. The summed E-state index contributed by atoms with van der Waals surface area (Å²) in [5.74, 6) is -0.635. The fraction of sp³-hybridized carbons (Fsp3) is 0. The zero-order valence-corrected chi connectivity index (χ0v) is 18.4. The maximum Gasteiger partial charge on any atom is 0.197 e. The van der Waals surface area contributed by atoms with Crippen molar-refractivity contribution in [1.29, 1.82) is 0 Å². The molecule has 4 aromatic rings. The number of benzene rings is 2. The summed E-state index contributed by atoms with van der Waals surface area (Å²) >= 11 is 21.2. The molecule has 0 atom stereocenters. The molecule has 0 unspecified atom stereocenters. The second kappa shape index (κ2) is 7.08. The largest absolute Gasteiger partial charge is 0.288 e. The Balaban J connectivity index is 1.51. The van der Waals surface area contributed by atoms with Crippen molar-refractivity contribution >= 4 is 84.5 Å². The first-order valence-electron chi connectivity index (χ1n) is 8.50. The highest BCUT2D eigenvalue weighted by Crippen LogP contribution is 2.40. The minimum absolute atomic E-state index is 0.144. The lowest BCUT2D eigenvalue weighted by molar-refractivity contribution is 0.0990. The van der Waals surface area contributed by atoms with Gasteiger partial charge in [0.15, 0.2) is 11.6 Å². The van der Waals surface area contributed by atoms with Crippen LogP contribution in [0.1, 0.15) is 25.6 Å². The van der Waals surface area contributed by atoms with Gasteiger partial charge in [0, 0.05) is 35.3 Å².